The third kappa shape index (κ3) is 8.97. The Kier molecular flexibility index (Phi) is 7.86. The van der Waals surface area contributed by atoms with E-state index in [-0.39, 0.29) is 5.75 Å². The Morgan fingerprint density at radius 3 is 2.50 bits per heavy atom. The van der Waals surface area contributed by atoms with E-state index >= 15 is 0 Å². The van der Waals surface area contributed by atoms with Crippen LogP contribution in [0.1, 0.15) is 26.2 Å². The molecule has 0 aliphatic carbocycles. The zero-order chi connectivity index (χ0) is 11.0. The molecule has 1 atom stereocenters. The Balaban J connectivity index is 3.52. The van der Waals surface area contributed by atoms with E-state index in [1.54, 1.807) is 0 Å². The normalized spacial score (nSPS) is 14.2. The van der Waals surface area contributed by atoms with Gasteiger partial charge in [-0.1, -0.05) is 22.9 Å². The van der Waals surface area contributed by atoms with E-state index in [2.05, 4.69) is 28.2 Å². The van der Waals surface area contributed by atoms with Crippen molar-refractivity contribution in [3.8, 4) is 0 Å². The molecule has 0 radical (unpaired) electrons. The van der Waals surface area contributed by atoms with Crippen LogP contribution in [0.3, 0.4) is 0 Å². The van der Waals surface area contributed by atoms with Crippen molar-refractivity contribution >= 4 is 25.8 Å². The van der Waals surface area contributed by atoms with E-state index < -0.39 is 9.84 Å². The van der Waals surface area contributed by atoms with Gasteiger partial charge in [-0.15, -0.1) is 0 Å². The third-order valence-corrected chi connectivity index (χ3v) is 3.56. The second-order valence-corrected chi connectivity index (χ2v) is 6.57. The summed E-state index contributed by atoms with van der Waals surface area (Å²) in [5.41, 5.74) is 0. The fourth-order valence-corrected chi connectivity index (χ4v) is 2.44. The van der Waals surface area contributed by atoms with Crippen LogP contribution < -0.4 is 5.32 Å². The zero-order valence-corrected chi connectivity index (χ0v) is 11.3. The molecule has 0 spiro atoms. The minimum absolute atomic E-state index is 0.282. The third-order valence-electron chi connectivity index (χ3n) is 2.08. The summed E-state index contributed by atoms with van der Waals surface area (Å²) in [7, 11) is -2.79. The van der Waals surface area contributed by atoms with Gasteiger partial charge >= 0.3 is 0 Å². The van der Waals surface area contributed by atoms with Crippen molar-refractivity contribution in [2.45, 2.75) is 32.2 Å². The molecule has 5 heteroatoms. The van der Waals surface area contributed by atoms with Crippen LogP contribution in [0, 0.1) is 0 Å². The molecule has 1 N–H and O–H groups in total. The van der Waals surface area contributed by atoms with Crippen molar-refractivity contribution in [3.63, 3.8) is 0 Å². The summed E-state index contributed by atoms with van der Waals surface area (Å²) in [4.78, 5) is 0. The maximum absolute atomic E-state index is 10.8. The van der Waals surface area contributed by atoms with Gasteiger partial charge in [-0.05, 0) is 25.8 Å². The molecule has 0 saturated carbocycles. The molecule has 0 aliphatic heterocycles. The first-order chi connectivity index (χ1) is 6.49. The van der Waals surface area contributed by atoms with Gasteiger partial charge in [-0.3, -0.25) is 0 Å². The number of halogens is 1. The van der Waals surface area contributed by atoms with E-state index in [1.807, 2.05) is 0 Å². The van der Waals surface area contributed by atoms with Gasteiger partial charge in [0.05, 0.1) is 5.75 Å². The first kappa shape index (κ1) is 14.4. The van der Waals surface area contributed by atoms with Crippen LogP contribution in [-0.4, -0.2) is 38.3 Å². The zero-order valence-electron chi connectivity index (χ0n) is 8.92. The molecule has 0 fully saturated rings. The largest absolute Gasteiger partial charge is 0.314 e. The quantitative estimate of drug-likeness (QED) is 0.544. The van der Waals surface area contributed by atoms with Crippen LogP contribution in [0.5, 0.6) is 0 Å². The molecular formula is C9H20BrNO2S. The van der Waals surface area contributed by atoms with Crippen LogP contribution in [0.25, 0.3) is 0 Å². The van der Waals surface area contributed by atoms with Gasteiger partial charge in [0.1, 0.15) is 9.84 Å². The number of nitrogens with one attached hydrogen (secondary N) is 1. The molecule has 0 aromatic heterocycles. The lowest BCUT2D eigenvalue weighted by atomic mass is 10.2. The van der Waals surface area contributed by atoms with Crippen molar-refractivity contribution in [2.75, 3.05) is 23.9 Å². The van der Waals surface area contributed by atoms with Gasteiger partial charge in [0.25, 0.3) is 0 Å². The van der Waals surface area contributed by atoms with E-state index in [0.29, 0.717) is 12.5 Å². The Labute approximate surface area is 95.7 Å². The first-order valence-electron chi connectivity index (χ1n) is 4.96. The highest BCUT2D eigenvalue weighted by atomic mass is 79.9. The summed E-state index contributed by atoms with van der Waals surface area (Å²) in [6.07, 6.45) is 4.17. The molecular weight excluding hydrogens is 266 g/mol. The highest BCUT2D eigenvalue weighted by Crippen LogP contribution is 2.00. The van der Waals surface area contributed by atoms with Crippen molar-refractivity contribution in [3.05, 3.63) is 0 Å². The SMILES string of the molecule is CCC(CCBr)NCCCS(C)(=O)=O. The van der Waals surface area contributed by atoms with E-state index in [4.69, 9.17) is 0 Å². The second-order valence-electron chi connectivity index (χ2n) is 3.52. The van der Waals surface area contributed by atoms with Crippen LogP contribution in [-0.2, 0) is 9.84 Å². The lowest BCUT2D eigenvalue weighted by molar-refractivity contribution is 0.487. The molecule has 14 heavy (non-hydrogen) atoms. The molecule has 0 aliphatic rings. The van der Waals surface area contributed by atoms with Crippen molar-refractivity contribution in [1.82, 2.24) is 5.32 Å². The number of sulfone groups is 1. The monoisotopic (exact) mass is 285 g/mol. The van der Waals surface area contributed by atoms with Gasteiger partial charge in [-0.2, -0.15) is 0 Å². The molecule has 3 nitrogen and oxygen atoms in total. The van der Waals surface area contributed by atoms with E-state index in [0.717, 1.165) is 24.7 Å². The second kappa shape index (κ2) is 7.65. The topological polar surface area (TPSA) is 46.2 Å². The molecule has 0 saturated heterocycles. The highest BCUT2D eigenvalue weighted by Gasteiger charge is 2.05. The summed E-state index contributed by atoms with van der Waals surface area (Å²) in [5.74, 6) is 0.282. The van der Waals surface area contributed by atoms with Crippen molar-refractivity contribution < 1.29 is 8.42 Å². The van der Waals surface area contributed by atoms with Crippen LogP contribution >= 0.6 is 15.9 Å². The van der Waals surface area contributed by atoms with Gasteiger partial charge < -0.3 is 5.32 Å². The first-order valence-corrected chi connectivity index (χ1v) is 8.15. The molecule has 1 unspecified atom stereocenters. The molecule has 0 heterocycles. The fraction of sp³-hybridized carbons (Fsp3) is 1.00. The summed E-state index contributed by atoms with van der Waals surface area (Å²) in [6, 6.07) is 0.508. The molecule has 86 valence electrons. The van der Waals surface area contributed by atoms with Crippen LogP contribution in [0.15, 0.2) is 0 Å². The lowest BCUT2D eigenvalue weighted by Gasteiger charge is -2.15. The van der Waals surface area contributed by atoms with Crippen molar-refractivity contribution in [2.24, 2.45) is 0 Å². The van der Waals surface area contributed by atoms with E-state index in [1.165, 1.54) is 6.26 Å². The minimum Gasteiger partial charge on any atom is -0.314 e. The molecule has 0 aromatic carbocycles. The summed E-state index contributed by atoms with van der Waals surface area (Å²) >= 11 is 3.40. The van der Waals surface area contributed by atoms with Gasteiger partial charge in [-0.25, -0.2) is 8.42 Å². The molecule has 0 rings (SSSR count). The fourth-order valence-electron chi connectivity index (χ4n) is 1.22. The Morgan fingerprint density at radius 1 is 1.43 bits per heavy atom. The maximum atomic E-state index is 10.8. The Bertz CT molecular complexity index is 229. The maximum Gasteiger partial charge on any atom is 0.147 e. The average Bonchev–Trinajstić information content (AvgIpc) is 2.08. The Hall–Kier alpha value is 0.390. The number of rotatable bonds is 8. The number of alkyl halides is 1. The predicted molar refractivity (Wildman–Crippen MR) is 64.8 cm³/mol. The van der Waals surface area contributed by atoms with E-state index in [9.17, 15) is 8.42 Å². The van der Waals surface area contributed by atoms with Crippen LogP contribution in [0.4, 0.5) is 0 Å². The minimum atomic E-state index is -2.79. The summed E-state index contributed by atoms with van der Waals surface area (Å²) in [6.45, 7) is 2.93. The van der Waals surface area contributed by atoms with Crippen LogP contribution in [0.2, 0.25) is 0 Å². The highest BCUT2D eigenvalue weighted by molar-refractivity contribution is 9.09. The van der Waals surface area contributed by atoms with Crippen molar-refractivity contribution in [1.29, 1.82) is 0 Å². The standard InChI is InChI=1S/C9H20BrNO2S/c1-3-9(5-6-10)11-7-4-8-14(2,12)13/h9,11H,3-8H2,1-2H3. The number of hydrogen-bond acceptors (Lipinski definition) is 3. The Morgan fingerprint density at radius 2 is 2.07 bits per heavy atom. The van der Waals surface area contributed by atoms with Gasteiger partial charge in [0.15, 0.2) is 0 Å². The van der Waals surface area contributed by atoms with Gasteiger partial charge in [0.2, 0.25) is 0 Å². The number of hydrogen-bond donors (Lipinski definition) is 1. The smallest absolute Gasteiger partial charge is 0.147 e. The molecule has 0 aromatic rings. The molecule has 0 bridgehead atoms. The predicted octanol–water partition coefficient (Wildman–Crippen LogP) is 1.57. The molecule has 0 amide bonds. The lowest BCUT2D eigenvalue weighted by Crippen LogP contribution is -2.30. The summed E-state index contributed by atoms with van der Waals surface area (Å²) < 4.78 is 21.7. The average molecular weight is 286 g/mol. The summed E-state index contributed by atoms with van der Waals surface area (Å²) in [5, 5.41) is 4.34. The van der Waals surface area contributed by atoms with Gasteiger partial charge in [0, 0.05) is 17.6 Å².